The number of hydrogen-bond acceptors (Lipinski definition) is 2. The fourth-order valence-electron chi connectivity index (χ4n) is 3.91. The van der Waals surface area contributed by atoms with E-state index in [9.17, 15) is 0 Å². The van der Waals surface area contributed by atoms with Crippen LogP contribution in [0, 0.1) is 0 Å². The maximum atomic E-state index is 3.49. The number of nitrogens with one attached hydrogen (secondary N) is 1. The van der Waals surface area contributed by atoms with Crippen LogP contribution >= 0.6 is 0 Å². The molecule has 2 atom stereocenters. The standard InChI is InChI=1S/C14H28N2/c1-5-14(3,6-2)16-12-7-8-13(16)10-11(9-12)15-4/h11-13,15H,5-10H2,1-4H3. The van der Waals surface area contributed by atoms with Gasteiger partial charge in [-0.15, -0.1) is 0 Å². The second kappa shape index (κ2) is 4.66. The Labute approximate surface area is 101 Å². The third-order valence-electron chi connectivity index (χ3n) is 5.29. The van der Waals surface area contributed by atoms with Gasteiger partial charge in [0.2, 0.25) is 0 Å². The summed E-state index contributed by atoms with van der Waals surface area (Å²) < 4.78 is 0. The quantitative estimate of drug-likeness (QED) is 0.790. The van der Waals surface area contributed by atoms with Gasteiger partial charge in [0.15, 0.2) is 0 Å². The Kier molecular flexibility index (Phi) is 3.60. The first-order valence-corrected chi connectivity index (χ1v) is 7.10. The Morgan fingerprint density at radius 1 is 1.12 bits per heavy atom. The van der Waals surface area contributed by atoms with E-state index in [2.05, 4.69) is 38.0 Å². The maximum absolute atomic E-state index is 3.49. The fraction of sp³-hybridized carbons (Fsp3) is 1.00. The van der Waals surface area contributed by atoms with Crippen LogP contribution in [0.15, 0.2) is 0 Å². The Bertz CT molecular complexity index is 221. The van der Waals surface area contributed by atoms with E-state index >= 15 is 0 Å². The predicted octanol–water partition coefficient (Wildman–Crippen LogP) is 2.78. The molecule has 2 heterocycles. The highest BCUT2D eigenvalue weighted by Gasteiger charge is 2.46. The molecule has 2 bridgehead atoms. The van der Waals surface area contributed by atoms with Gasteiger partial charge in [0, 0.05) is 23.7 Å². The Morgan fingerprint density at radius 3 is 2.00 bits per heavy atom. The molecule has 0 radical (unpaired) electrons. The lowest BCUT2D eigenvalue weighted by Gasteiger charge is -2.49. The van der Waals surface area contributed by atoms with Gasteiger partial charge in [0.1, 0.15) is 0 Å². The van der Waals surface area contributed by atoms with Gasteiger partial charge < -0.3 is 5.32 Å². The van der Waals surface area contributed by atoms with Gasteiger partial charge >= 0.3 is 0 Å². The van der Waals surface area contributed by atoms with Gasteiger partial charge in [-0.25, -0.2) is 0 Å². The molecule has 0 aromatic carbocycles. The summed E-state index contributed by atoms with van der Waals surface area (Å²) in [6.07, 6.45) is 8.17. The summed E-state index contributed by atoms with van der Waals surface area (Å²) in [5, 5.41) is 3.49. The van der Waals surface area contributed by atoms with Crippen molar-refractivity contribution < 1.29 is 0 Å². The van der Waals surface area contributed by atoms with Gasteiger partial charge in [0.05, 0.1) is 0 Å². The second-order valence-corrected chi connectivity index (χ2v) is 5.95. The van der Waals surface area contributed by atoms with Crippen molar-refractivity contribution in [3.05, 3.63) is 0 Å². The van der Waals surface area contributed by atoms with Gasteiger partial charge in [-0.1, -0.05) is 13.8 Å². The van der Waals surface area contributed by atoms with Crippen LogP contribution in [-0.2, 0) is 0 Å². The van der Waals surface area contributed by atoms with E-state index < -0.39 is 0 Å². The first kappa shape index (κ1) is 12.4. The van der Waals surface area contributed by atoms with Gasteiger partial charge in [-0.3, -0.25) is 4.90 Å². The van der Waals surface area contributed by atoms with E-state index in [1.54, 1.807) is 0 Å². The SMILES string of the molecule is CCC(C)(CC)N1C2CCC1CC(NC)C2. The summed E-state index contributed by atoms with van der Waals surface area (Å²) >= 11 is 0. The molecule has 2 nitrogen and oxygen atoms in total. The molecule has 1 N–H and O–H groups in total. The highest BCUT2D eigenvalue weighted by Crippen LogP contribution is 2.42. The van der Waals surface area contributed by atoms with Crippen molar-refractivity contribution in [3.8, 4) is 0 Å². The van der Waals surface area contributed by atoms with Crippen molar-refractivity contribution in [1.82, 2.24) is 10.2 Å². The Hall–Kier alpha value is -0.0800. The predicted molar refractivity (Wildman–Crippen MR) is 69.7 cm³/mol. The molecule has 0 aliphatic carbocycles. The first-order valence-electron chi connectivity index (χ1n) is 7.10. The van der Waals surface area contributed by atoms with Crippen LogP contribution in [0.25, 0.3) is 0 Å². The van der Waals surface area contributed by atoms with Crippen LogP contribution in [0.3, 0.4) is 0 Å². The summed E-state index contributed by atoms with van der Waals surface area (Å²) in [5.74, 6) is 0. The third kappa shape index (κ3) is 1.91. The lowest BCUT2D eigenvalue weighted by atomic mass is 9.86. The van der Waals surface area contributed by atoms with Crippen LogP contribution in [-0.4, -0.2) is 35.6 Å². The number of nitrogens with zero attached hydrogens (tertiary/aromatic N) is 1. The molecule has 0 aromatic heterocycles. The highest BCUT2D eigenvalue weighted by molar-refractivity contribution is 5.03. The number of fused-ring (bicyclic) bond motifs is 2. The van der Waals surface area contributed by atoms with Crippen LogP contribution in [0.4, 0.5) is 0 Å². The molecule has 2 rings (SSSR count). The number of piperidine rings is 1. The van der Waals surface area contributed by atoms with Crippen LogP contribution < -0.4 is 5.32 Å². The van der Waals surface area contributed by atoms with Gasteiger partial charge in [-0.05, 0) is 52.5 Å². The number of hydrogen-bond donors (Lipinski definition) is 1. The first-order chi connectivity index (χ1) is 7.64. The van der Waals surface area contributed by atoms with E-state index in [1.807, 2.05) is 0 Å². The molecule has 2 unspecified atom stereocenters. The average Bonchev–Trinajstić information content (AvgIpc) is 2.60. The molecular formula is C14H28N2. The van der Waals surface area contributed by atoms with E-state index in [0.29, 0.717) is 5.54 Å². The molecule has 2 heteroatoms. The molecule has 16 heavy (non-hydrogen) atoms. The molecule has 0 amide bonds. The largest absolute Gasteiger partial charge is 0.317 e. The zero-order valence-corrected chi connectivity index (χ0v) is 11.4. The summed E-state index contributed by atoms with van der Waals surface area (Å²) in [5.41, 5.74) is 0.449. The molecule has 0 saturated carbocycles. The molecular weight excluding hydrogens is 196 g/mol. The van der Waals surface area contributed by atoms with E-state index in [0.717, 1.165) is 18.1 Å². The molecule has 2 aliphatic heterocycles. The zero-order valence-electron chi connectivity index (χ0n) is 11.4. The summed E-state index contributed by atoms with van der Waals surface area (Å²) in [4.78, 5) is 2.88. The van der Waals surface area contributed by atoms with Crippen molar-refractivity contribution in [2.45, 2.75) is 83.0 Å². The topological polar surface area (TPSA) is 15.3 Å². The summed E-state index contributed by atoms with van der Waals surface area (Å²) in [6.45, 7) is 7.18. The molecule has 0 spiro atoms. The Balaban J connectivity index is 2.13. The second-order valence-electron chi connectivity index (χ2n) is 5.95. The monoisotopic (exact) mass is 224 g/mol. The van der Waals surface area contributed by atoms with Crippen molar-refractivity contribution >= 4 is 0 Å². The lowest BCUT2D eigenvalue weighted by Crippen LogP contribution is -2.57. The van der Waals surface area contributed by atoms with Crippen LogP contribution in [0.2, 0.25) is 0 Å². The minimum absolute atomic E-state index is 0.449. The molecule has 94 valence electrons. The minimum atomic E-state index is 0.449. The Morgan fingerprint density at radius 2 is 1.62 bits per heavy atom. The molecule has 2 saturated heterocycles. The smallest absolute Gasteiger partial charge is 0.0182 e. The normalized spacial score (nSPS) is 35.6. The average molecular weight is 224 g/mol. The minimum Gasteiger partial charge on any atom is -0.317 e. The summed E-state index contributed by atoms with van der Waals surface area (Å²) in [7, 11) is 2.12. The van der Waals surface area contributed by atoms with Gasteiger partial charge in [-0.2, -0.15) is 0 Å². The van der Waals surface area contributed by atoms with Crippen LogP contribution in [0.1, 0.15) is 59.3 Å². The van der Waals surface area contributed by atoms with Crippen molar-refractivity contribution in [2.75, 3.05) is 7.05 Å². The fourth-order valence-corrected chi connectivity index (χ4v) is 3.91. The van der Waals surface area contributed by atoms with Crippen LogP contribution in [0.5, 0.6) is 0 Å². The van der Waals surface area contributed by atoms with Crippen molar-refractivity contribution in [1.29, 1.82) is 0 Å². The van der Waals surface area contributed by atoms with E-state index in [-0.39, 0.29) is 0 Å². The van der Waals surface area contributed by atoms with Crippen molar-refractivity contribution in [3.63, 3.8) is 0 Å². The van der Waals surface area contributed by atoms with E-state index in [4.69, 9.17) is 0 Å². The molecule has 2 fully saturated rings. The zero-order chi connectivity index (χ0) is 11.8. The van der Waals surface area contributed by atoms with E-state index in [1.165, 1.54) is 38.5 Å². The molecule has 2 aliphatic rings. The third-order valence-corrected chi connectivity index (χ3v) is 5.29. The summed E-state index contributed by atoms with van der Waals surface area (Å²) in [6, 6.07) is 2.47. The van der Waals surface area contributed by atoms with Gasteiger partial charge in [0.25, 0.3) is 0 Å². The highest BCUT2D eigenvalue weighted by atomic mass is 15.3. The molecule has 0 aromatic rings. The lowest BCUT2D eigenvalue weighted by molar-refractivity contribution is 0.00580. The van der Waals surface area contributed by atoms with Crippen molar-refractivity contribution in [2.24, 2.45) is 0 Å². The number of rotatable bonds is 4. The maximum Gasteiger partial charge on any atom is 0.0182 e.